The molecule has 1 aliphatic carbocycles. The van der Waals surface area contributed by atoms with Crippen molar-refractivity contribution in [3.63, 3.8) is 0 Å². The summed E-state index contributed by atoms with van der Waals surface area (Å²) < 4.78 is 58.3. The lowest BCUT2D eigenvalue weighted by molar-refractivity contribution is -0.139. The Morgan fingerprint density at radius 3 is 2.27 bits per heavy atom. The highest BCUT2D eigenvalue weighted by molar-refractivity contribution is 7.92. The zero-order chi connectivity index (χ0) is 27.2. The molecule has 0 heterocycles. The number of methoxy groups -OCH3 is 1. The lowest BCUT2D eigenvalue weighted by Crippen LogP contribution is -2.53. The molecule has 8 nitrogen and oxygen atoms in total. The zero-order valence-corrected chi connectivity index (χ0v) is 22.1. The molecule has 1 atom stereocenters. The van der Waals surface area contributed by atoms with Gasteiger partial charge in [-0.15, -0.1) is 0 Å². The van der Waals surface area contributed by atoms with Gasteiger partial charge in [-0.1, -0.05) is 31.4 Å². The standard InChI is InChI=1S/C26H33F2N3O5S/c1-18(26(33)29-20-7-5-4-6-8-20)30(16-19-9-12-22(36-2)13-10-19)25(32)17-31(37(3,34)35)21-11-14-23(27)24(28)15-21/h9-15,18,20H,4-8,16-17H2,1-3H3,(H,29,33)/t18-/m1/s1. The summed E-state index contributed by atoms with van der Waals surface area (Å²) in [6.45, 7) is 0.917. The maximum absolute atomic E-state index is 13.9. The molecule has 11 heteroatoms. The van der Waals surface area contributed by atoms with Crippen molar-refractivity contribution in [2.45, 2.75) is 57.7 Å². The minimum atomic E-state index is -4.05. The highest BCUT2D eigenvalue weighted by Gasteiger charge is 2.31. The van der Waals surface area contributed by atoms with Gasteiger partial charge in [0, 0.05) is 18.7 Å². The van der Waals surface area contributed by atoms with Gasteiger partial charge >= 0.3 is 0 Å². The van der Waals surface area contributed by atoms with Crippen LogP contribution in [0, 0.1) is 11.6 Å². The number of nitrogens with one attached hydrogen (secondary N) is 1. The molecule has 0 spiro atoms. The highest BCUT2D eigenvalue weighted by Crippen LogP contribution is 2.23. The van der Waals surface area contributed by atoms with Gasteiger partial charge in [-0.05, 0) is 49.6 Å². The number of amides is 2. The third-order valence-electron chi connectivity index (χ3n) is 6.50. The molecule has 0 bridgehead atoms. The van der Waals surface area contributed by atoms with Crippen LogP contribution in [0.3, 0.4) is 0 Å². The molecule has 3 rings (SSSR count). The van der Waals surface area contributed by atoms with E-state index in [0.29, 0.717) is 15.6 Å². The number of halogens is 2. The molecule has 0 unspecified atom stereocenters. The van der Waals surface area contributed by atoms with Crippen molar-refractivity contribution in [3.8, 4) is 5.75 Å². The van der Waals surface area contributed by atoms with E-state index in [1.165, 1.54) is 12.0 Å². The largest absolute Gasteiger partial charge is 0.497 e. The van der Waals surface area contributed by atoms with Gasteiger partial charge in [0.25, 0.3) is 0 Å². The molecular weight excluding hydrogens is 504 g/mol. The Balaban J connectivity index is 1.88. The smallest absolute Gasteiger partial charge is 0.244 e. The highest BCUT2D eigenvalue weighted by atomic mass is 32.2. The molecule has 2 amide bonds. The molecule has 1 saturated carbocycles. The fourth-order valence-corrected chi connectivity index (χ4v) is 5.17. The average molecular weight is 538 g/mol. The predicted molar refractivity (Wildman–Crippen MR) is 137 cm³/mol. The van der Waals surface area contributed by atoms with Crippen molar-refractivity contribution in [2.24, 2.45) is 0 Å². The number of sulfonamides is 1. The van der Waals surface area contributed by atoms with Gasteiger partial charge in [0.05, 0.1) is 19.1 Å². The Kier molecular flexibility index (Phi) is 9.47. The molecule has 2 aromatic rings. The zero-order valence-electron chi connectivity index (χ0n) is 21.2. The Hall–Kier alpha value is -3.21. The van der Waals surface area contributed by atoms with E-state index < -0.39 is 40.2 Å². The van der Waals surface area contributed by atoms with Crippen molar-refractivity contribution < 1.29 is 31.5 Å². The number of ether oxygens (including phenoxy) is 1. The molecule has 0 radical (unpaired) electrons. The van der Waals surface area contributed by atoms with Crippen molar-refractivity contribution in [3.05, 3.63) is 59.7 Å². The van der Waals surface area contributed by atoms with Crippen LogP contribution in [-0.2, 0) is 26.2 Å². The molecule has 37 heavy (non-hydrogen) atoms. The van der Waals surface area contributed by atoms with Crippen LogP contribution in [0.4, 0.5) is 14.5 Å². The molecule has 1 N–H and O–H groups in total. The second-order valence-corrected chi connectivity index (χ2v) is 11.2. The second-order valence-electron chi connectivity index (χ2n) is 9.26. The first-order chi connectivity index (χ1) is 17.5. The van der Waals surface area contributed by atoms with Gasteiger partial charge < -0.3 is 15.0 Å². The minimum absolute atomic E-state index is 0.0244. The molecule has 2 aromatic carbocycles. The van der Waals surface area contributed by atoms with Crippen LogP contribution in [0.5, 0.6) is 5.75 Å². The van der Waals surface area contributed by atoms with Gasteiger partial charge in [-0.2, -0.15) is 0 Å². The number of nitrogens with zero attached hydrogens (tertiary/aromatic N) is 2. The van der Waals surface area contributed by atoms with Crippen LogP contribution in [0.15, 0.2) is 42.5 Å². The first kappa shape index (κ1) is 28.4. The first-order valence-electron chi connectivity index (χ1n) is 12.1. The third-order valence-corrected chi connectivity index (χ3v) is 7.64. The predicted octanol–water partition coefficient (Wildman–Crippen LogP) is 3.61. The summed E-state index contributed by atoms with van der Waals surface area (Å²) in [7, 11) is -2.52. The molecule has 0 saturated heterocycles. The van der Waals surface area contributed by atoms with Crippen molar-refractivity contribution in [1.29, 1.82) is 0 Å². The van der Waals surface area contributed by atoms with Crippen molar-refractivity contribution in [2.75, 3.05) is 24.2 Å². The number of benzene rings is 2. The summed E-state index contributed by atoms with van der Waals surface area (Å²) >= 11 is 0. The van der Waals surface area contributed by atoms with Crippen molar-refractivity contribution >= 4 is 27.5 Å². The monoisotopic (exact) mass is 537 g/mol. The Morgan fingerprint density at radius 1 is 1.05 bits per heavy atom. The Labute approximate surface area is 216 Å². The molecule has 0 aliphatic heterocycles. The summed E-state index contributed by atoms with van der Waals surface area (Å²) in [6, 6.07) is 8.63. The topological polar surface area (TPSA) is 96.0 Å². The Bertz CT molecular complexity index is 1200. The summed E-state index contributed by atoms with van der Waals surface area (Å²) in [4.78, 5) is 28.0. The SMILES string of the molecule is COc1ccc(CN(C(=O)CN(c2ccc(F)c(F)c2)S(C)(=O)=O)[C@H](C)C(=O)NC2CCCCC2)cc1. The van der Waals surface area contributed by atoms with E-state index in [1.54, 1.807) is 31.2 Å². The van der Waals surface area contributed by atoms with E-state index in [-0.39, 0.29) is 24.2 Å². The van der Waals surface area contributed by atoms with Crippen LogP contribution in [0.2, 0.25) is 0 Å². The van der Waals surface area contributed by atoms with Gasteiger partial charge in [0.15, 0.2) is 11.6 Å². The van der Waals surface area contributed by atoms with Crippen LogP contribution >= 0.6 is 0 Å². The van der Waals surface area contributed by atoms with E-state index >= 15 is 0 Å². The number of hydrogen-bond acceptors (Lipinski definition) is 5. The fourth-order valence-electron chi connectivity index (χ4n) is 4.33. The number of hydrogen-bond donors (Lipinski definition) is 1. The number of rotatable bonds is 10. The maximum Gasteiger partial charge on any atom is 0.244 e. The number of carbonyl (C=O) groups excluding carboxylic acids is 2. The van der Waals surface area contributed by atoms with E-state index in [0.717, 1.165) is 56.6 Å². The summed E-state index contributed by atoms with van der Waals surface area (Å²) in [5.41, 5.74) is 0.503. The molecular formula is C26H33F2N3O5S. The van der Waals surface area contributed by atoms with Crippen LogP contribution in [-0.4, -0.2) is 57.1 Å². The maximum atomic E-state index is 13.9. The van der Waals surface area contributed by atoms with Crippen LogP contribution in [0.1, 0.15) is 44.6 Å². The third kappa shape index (κ3) is 7.64. The Morgan fingerprint density at radius 2 is 1.70 bits per heavy atom. The van der Waals surface area contributed by atoms with Crippen molar-refractivity contribution in [1.82, 2.24) is 10.2 Å². The van der Waals surface area contributed by atoms with E-state index in [4.69, 9.17) is 4.74 Å². The van der Waals surface area contributed by atoms with Gasteiger partial charge in [-0.3, -0.25) is 13.9 Å². The van der Waals surface area contributed by atoms with Gasteiger partial charge in [-0.25, -0.2) is 17.2 Å². The molecule has 0 aromatic heterocycles. The quantitative estimate of drug-likeness (QED) is 0.500. The second kappa shape index (κ2) is 12.4. The van der Waals surface area contributed by atoms with E-state index in [9.17, 15) is 26.8 Å². The summed E-state index contributed by atoms with van der Waals surface area (Å²) in [5.74, 6) is -2.78. The average Bonchev–Trinajstić information content (AvgIpc) is 2.87. The van der Waals surface area contributed by atoms with E-state index in [2.05, 4.69) is 5.32 Å². The molecule has 202 valence electrons. The first-order valence-corrected chi connectivity index (χ1v) is 14.0. The fraction of sp³-hybridized carbons (Fsp3) is 0.462. The minimum Gasteiger partial charge on any atom is -0.497 e. The summed E-state index contributed by atoms with van der Waals surface area (Å²) in [5, 5.41) is 3.01. The number of carbonyl (C=O) groups is 2. The lowest BCUT2D eigenvalue weighted by Gasteiger charge is -2.33. The number of anilines is 1. The van der Waals surface area contributed by atoms with Gasteiger partial charge in [0.1, 0.15) is 18.3 Å². The van der Waals surface area contributed by atoms with Crippen LogP contribution < -0.4 is 14.4 Å². The van der Waals surface area contributed by atoms with Gasteiger partial charge in [0.2, 0.25) is 21.8 Å². The molecule has 1 aliphatic rings. The lowest BCUT2D eigenvalue weighted by atomic mass is 9.95. The van der Waals surface area contributed by atoms with Crippen LogP contribution in [0.25, 0.3) is 0 Å². The molecule has 1 fully saturated rings. The summed E-state index contributed by atoms with van der Waals surface area (Å²) in [6.07, 6.45) is 5.76. The van der Waals surface area contributed by atoms with E-state index in [1.807, 2.05) is 0 Å². The normalized spacial score (nSPS) is 15.1.